The van der Waals surface area contributed by atoms with Crippen molar-refractivity contribution in [1.82, 2.24) is 14.5 Å². The molecule has 10 rings (SSSR count). The molecule has 1 aliphatic heterocycles. The molecule has 0 bridgehead atoms. The fourth-order valence-electron chi connectivity index (χ4n) is 7.70. The third-order valence-corrected chi connectivity index (χ3v) is 10.9. The molecular weight excluding hydrogens is 667 g/mol. The molecule has 0 spiro atoms. The molecule has 0 amide bonds. The summed E-state index contributed by atoms with van der Waals surface area (Å²) < 4.78 is 2.29. The van der Waals surface area contributed by atoms with Gasteiger partial charge in [0.15, 0.2) is 5.82 Å². The van der Waals surface area contributed by atoms with Gasteiger partial charge in [-0.1, -0.05) is 127 Å². The summed E-state index contributed by atoms with van der Waals surface area (Å²) in [7, 11) is 0. The molecule has 6 heteroatoms. The smallest absolute Gasteiger partial charge is 0.170 e. The maximum atomic E-state index is 4.87. The van der Waals surface area contributed by atoms with E-state index in [0.29, 0.717) is 6.67 Å². The first-order valence-corrected chi connectivity index (χ1v) is 18.6. The Labute approximate surface area is 312 Å². The van der Waals surface area contributed by atoms with Crippen LogP contribution in [0.1, 0.15) is 22.3 Å². The molecule has 6 aromatic carbocycles. The average Bonchev–Trinajstić information content (AvgIpc) is 3.94. The normalized spacial score (nSPS) is 12.4. The zero-order chi connectivity index (χ0) is 35.1. The van der Waals surface area contributed by atoms with Crippen LogP contribution >= 0.6 is 11.3 Å². The van der Waals surface area contributed by atoms with Gasteiger partial charge in [-0.15, -0.1) is 11.3 Å². The predicted molar refractivity (Wildman–Crippen MR) is 221 cm³/mol. The number of para-hydroxylation sites is 2. The lowest BCUT2D eigenvalue weighted by Crippen LogP contribution is -2.24. The second-order valence-corrected chi connectivity index (χ2v) is 14.0. The Balaban J connectivity index is 1.22. The second kappa shape index (κ2) is 13.1. The summed E-state index contributed by atoms with van der Waals surface area (Å²) in [5.41, 5.74) is 13.3. The number of hydrogen-bond donors (Lipinski definition) is 0. The van der Waals surface area contributed by atoms with Gasteiger partial charge in [-0.3, -0.25) is 4.57 Å². The first-order valence-electron chi connectivity index (χ1n) is 17.8. The Bertz CT molecular complexity index is 2710. The quantitative estimate of drug-likeness (QED) is 0.155. The van der Waals surface area contributed by atoms with Crippen LogP contribution in [0.4, 0.5) is 22.2 Å². The van der Waals surface area contributed by atoms with Crippen molar-refractivity contribution in [3.8, 4) is 5.82 Å². The Morgan fingerprint density at radius 1 is 0.472 bits per heavy atom. The third kappa shape index (κ3) is 5.39. The number of thiazole rings is 1. The first kappa shape index (κ1) is 31.0. The van der Waals surface area contributed by atoms with Crippen molar-refractivity contribution < 1.29 is 0 Å². The van der Waals surface area contributed by atoms with Gasteiger partial charge >= 0.3 is 0 Å². The molecule has 0 fully saturated rings. The summed E-state index contributed by atoms with van der Waals surface area (Å²) in [6.45, 7) is 0.682. The average molecular weight is 700 g/mol. The molecule has 0 unspecified atom stereocenters. The van der Waals surface area contributed by atoms with E-state index in [1.807, 2.05) is 17.8 Å². The van der Waals surface area contributed by atoms with Crippen molar-refractivity contribution in [3.05, 3.63) is 210 Å². The lowest BCUT2D eigenvalue weighted by atomic mass is 9.85. The molecule has 5 nitrogen and oxygen atoms in total. The van der Waals surface area contributed by atoms with Gasteiger partial charge in [0.2, 0.25) is 0 Å². The van der Waals surface area contributed by atoms with Crippen molar-refractivity contribution in [2.45, 2.75) is 0 Å². The number of pyridine rings is 1. The number of anilines is 4. The highest BCUT2D eigenvalue weighted by atomic mass is 32.1. The Morgan fingerprint density at radius 3 is 1.85 bits per heavy atom. The minimum absolute atomic E-state index is 0.682. The van der Waals surface area contributed by atoms with Gasteiger partial charge in [0.05, 0.1) is 16.5 Å². The highest BCUT2D eigenvalue weighted by molar-refractivity contribution is 7.14. The van der Waals surface area contributed by atoms with E-state index in [-0.39, 0.29) is 0 Å². The van der Waals surface area contributed by atoms with Crippen LogP contribution in [0.25, 0.3) is 38.8 Å². The summed E-state index contributed by atoms with van der Waals surface area (Å²) in [6, 6.07) is 62.7. The molecule has 252 valence electrons. The molecule has 3 aromatic heterocycles. The molecule has 0 saturated heterocycles. The fourth-order valence-corrected chi connectivity index (χ4v) is 8.51. The van der Waals surface area contributed by atoms with E-state index >= 15 is 0 Å². The van der Waals surface area contributed by atoms with Gasteiger partial charge < -0.3 is 9.80 Å². The zero-order valence-electron chi connectivity index (χ0n) is 28.7. The molecular formula is C47H33N5S. The number of benzene rings is 6. The SMILES string of the molecule is c1ccc(C(=C(c2cccc(N3CN(c4ccccc4)c4scnc43)c2)c2ccc3c4ccccc4n(-c4ccccn4)c3c2)c2ccccc2)cc1. The van der Waals surface area contributed by atoms with Crippen molar-refractivity contribution in [2.24, 2.45) is 0 Å². The van der Waals surface area contributed by atoms with Gasteiger partial charge in [-0.05, 0) is 81.9 Å². The molecule has 0 aliphatic carbocycles. The van der Waals surface area contributed by atoms with Crippen molar-refractivity contribution in [1.29, 1.82) is 0 Å². The number of rotatable bonds is 7. The summed E-state index contributed by atoms with van der Waals surface area (Å²) >= 11 is 1.68. The number of nitrogens with zero attached hydrogens (tertiary/aromatic N) is 5. The second-order valence-electron chi connectivity index (χ2n) is 13.1. The molecule has 0 radical (unpaired) electrons. The van der Waals surface area contributed by atoms with E-state index in [0.717, 1.165) is 66.9 Å². The van der Waals surface area contributed by atoms with Crippen LogP contribution in [0.5, 0.6) is 0 Å². The van der Waals surface area contributed by atoms with Crippen LogP contribution < -0.4 is 9.80 Å². The summed E-state index contributed by atoms with van der Waals surface area (Å²) in [6.07, 6.45) is 1.87. The van der Waals surface area contributed by atoms with Gasteiger partial charge in [0.25, 0.3) is 0 Å². The summed E-state index contributed by atoms with van der Waals surface area (Å²) in [5, 5.41) is 3.55. The van der Waals surface area contributed by atoms with Gasteiger partial charge in [-0.25, -0.2) is 9.97 Å². The first-order chi connectivity index (χ1) is 26.3. The van der Waals surface area contributed by atoms with E-state index in [9.17, 15) is 0 Å². The van der Waals surface area contributed by atoms with Crippen LogP contribution in [-0.4, -0.2) is 21.2 Å². The monoisotopic (exact) mass is 699 g/mol. The lowest BCUT2D eigenvalue weighted by Gasteiger charge is -2.23. The number of aromatic nitrogens is 3. The highest BCUT2D eigenvalue weighted by Gasteiger charge is 2.31. The van der Waals surface area contributed by atoms with E-state index in [1.54, 1.807) is 11.3 Å². The van der Waals surface area contributed by atoms with Crippen molar-refractivity contribution in [3.63, 3.8) is 0 Å². The highest BCUT2D eigenvalue weighted by Crippen LogP contribution is 2.47. The van der Waals surface area contributed by atoms with E-state index < -0.39 is 0 Å². The molecule has 0 atom stereocenters. The van der Waals surface area contributed by atoms with Gasteiger partial charge in [0, 0.05) is 28.3 Å². The molecule has 53 heavy (non-hydrogen) atoms. The van der Waals surface area contributed by atoms with Crippen LogP contribution in [0.3, 0.4) is 0 Å². The molecule has 0 saturated carbocycles. The fraction of sp³-hybridized carbons (Fsp3) is 0.0213. The van der Waals surface area contributed by atoms with Crippen LogP contribution in [-0.2, 0) is 0 Å². The minimum Gasteiger partial charge on any atom is -0.311 e. The summed E-state index contributed by atoms with van der Waals surface area (Å²) in [4.78, 5) is 14.4. The Kier molecular flexibility index (Phi) is 7.66. The van der Waals surface area contributed by atoms with Crippen LogP contribution in [0.15, 0.2) is 188 Å². The molecule has 4 heterocycles. The lowest BCUT2D eigenvalue weighted by molar-refractivity contribution is 0.981. The number of hydrogen-bond acceptors (Lipinski definition) is 5. The van der Waals surface area contributed by atoms with E-state index in [1.165, 1.54) is 16.3 Å². The Morgan fingerprint density at radius 2 is 1.09 bits per heavy atom. The van der Waals surface area contributed by atoms with Crippen LogP contribution in [0.2, 0.25) is 0 Å². The zero-order valence-corrected chi connectivity index (χ0v) is 29.6. The standard InChI is InChI=1S/C47H33N5S/c1-4-15-33(16-5-1)44(34-17-6-2-7-18-34)45(36-26-27-40-39-23-10-11-24-41(39)52(42(40)30-36)43-25-12-13-28-48-43)35-19-14-22-38(29-35)50-32-51(37-20-8-3-9-21-37)47-46(50)49-31-53-47/h1-31H,32H2. The van der Waals surface area contributed by atoms with E-state index in [2.05, 4.69) is 184 Å². The van der Waals surface area contributed by atoms with Crippen LogP contribution in [0, 0.1) is 0 Å². The maximum Gasteiger partial charge on any atom is 0.170 e. The predicted octanol–water partition coefficient (Wildman–Crippen LogP) is 11.9. The number of fused-ring (bicyclic) bond motifs is 4. The summed E-state index contributed by atoms with van der Waals surface area (Å²) in [5.74, 6) is 1.87. The van der Waals surface area contributed by atoms with Crippen molar-refractivity contribution >= 4 is 66.5 Å². The molecule has 0 N–H and O–H groups in total. The largest absolute Gasteiger partial charge is 0.311 e. The van der Waals surface area contributed by atoms with Gasteiger partial charge in [0.1, 0.15) is 17.5 Å². The van der Waals surface area contributed by atoms with Gasteiger partial charge in [-0.2, -0.15) is 0 Å². The maximum absolute atomic E-state index is 4.87. The third-order valence-electron chi connectivity index (χ3n) is 10.0. The molecule has 1 aliphatic rings. The van der Waals surface area contributed by atoms with E-state index in [4.69, 9.17) is 9.97 Å². The minimum atomic E-state index is 0.682. The Hall–Kier alpha value is -6.76. The van der Waals surface area contributed by atoms with Crippen molar-refractivity contribution in [2.75, 3.05) is 16.5 Å². The topological polar surface area (TPSA) is 37.2 Å². The molecule has 9 aromatic rings.